The van der Waals surface area contributed by atoms with Gasteiger partial charge in [0.15, 0.2) is 0 Å². The average molecular weight is 309 g/mol. The number of unbranched alkanes of at least 4 members (excludes halogenated alkanes) is 8. The third kappa shape index (κ3) is 8.10. The second-order valence-electron chi connectivity index (χ2n) is 5.40. The quantitative estimate of drug-likeness (QED) is 0.199. The van der Waals surface area contributed by atoms with Crippen LogP contribution in [0.2, 0.25) is 0 Å². The molecule has 0 amide bonds. The van der Waals surface area contributed by atoms with E-state index in [1.807, 2.05) is 12.1 Å². The lowest BCUT2D eigenvalue weighted by Crippen LogP contribution is -1.91. The SMILES string of the molecule is CCCCCCCCCCCSc1ccccc1[N+](=O)[O-]. The van der Waals surface area contributed by atoms with Crippen LogP contribution in [0.4, 0.5) is 5.69 Å². The van der Waals surface area contributed by atoms with Gasteiger partial charge >= 0.3 is 0 Å². The number of nitro benzene ring substituents is 1. The molecule has 0 heterocycles. The lowest BCUT2D eigenvalue weighted by Gasteiger charge is -2.03. The Labute approximate surface area is 132 Å². The summed E-state index contributed by atoms with van der Waals surface area (Å²) < 4.78 is 0. The molecule has 0 saturated carbocycles. The molecule has 3 nitrogen and oxygen atoms in total. The predicted molar refractivity (Wildman–Crippen MR) is 91.0 cm³/mol. The topological polar surface area (TPSA) is 43.1 Å². The molecule has 1 aromatic carbocycles. The van der Waals surface area contributed by atoms with Crippen LogP contribution < -0.4 is 0 Å². The Balaban J connectivity index is 2.06. The molecule has 0 bridgehead atoms. The van der Waals surface area contributed by atoms with Gasteiger partial charge in [-0.25, -0.2) is 0 Å². The maximum atomic E-state index is 10.9. The van der Waals surface area contributed by atoms with Gasteiger partial charge in [0.2, 0.25) is 0 Å². The Bertz CT molecular complexity index is 410. The fourth-order valence-corrected chi connectivity index (χ4v) is 3.36. The Morgan fingerprint density at radius 1 is 0.952 bits per heavy atom. The van der Waals surface area contributed by atoms with Crippen molar-refractivity contribution in [2.45, 2.75) is 69.6 Å². The minimum Gasteiger partial charge on any atom is -0.258 e. The molecule has 0 saturated heterocycles. The van der Waals surface area contributed by atoms with E-state index in [4.69, 9.17) is 0 Å². The van der Waals surface area contributed by atoms with Crippen LogP contribution >= 0.6 is 11.8 Å². The van der Waals surface area contributed by atoms with E-state index in [0.29, 0.717) is 0 Å². The molecule has 0 aromatic heterocycles. The summed E-state index contributed by atoms with van der Waals surface area (Å²) in [6.07, 6.45) is 11.8. The maximum absolute atomic E-state index is 10.9. The van der Waals surface area contributed by atoms with Gasteiger partial charge in [0, 0.05) is 6.07 Å². The molecular formula is C17H27NO2S. The summed E-state index contributed by atoms with van der Waals surface area (Å²) in [5.74, 6) is 0.973. The maximum Gasteiger partial charge on any atom is 0.282 e. The van der Waals surface area contributed by atoms with E-state index in [0.717, 1.165) is 17.1 Å². The molecular weight excluding hydrogens is 282 g/mol. The number of para-hydroxylation sites is 1. The molecule has 1 aromatic rings. The average Bonchev–Trinajstić information content (AvgIpc) is 2.49. The molecule has 4 heteroatoms. The number of benzene rings is 1. The Kier molecular flexibility index (Phi) is 9.96. The first kappa shape index (κ1) is 18.0. The monoisotopic (exact) mass is 309 g/mol. The third-order valence-electron chi connectivity index (χ3n) is 3.57. The smallest absolute Gasteiger partial charge is 0.258 e. The van der Waals surface area contributed by atoms with Crippen molar-refractivity contribution in [2.75, 3.05) is 5.75 Å². The molecule has 0 atom stereocenters. The molecule has 0 radical (unpaired) electrons. The zero-order chi connectivity index (χ0) is 15.3. The van der Waals surface area contributed by atoms with Crippen molar-refractivity contribution in [1.29, 1.82) is 0 Å². The number of hydrogen-bond acceptors (Lipinski definition) is 3. The van der Waals surface area contributed by atoms with Gasteiger partial charge in [-0.05, 0) is 18.2 Å². The molecule has 118 valence electrons. The van der Waals surface area contributed by atoms with Gasteiger partial charge in [0.05, 0.1) is 9.82 Å². The van der Waals surface area contributed by atoms with Crippen LogP contribution in [0.15, 0.2) is 29.2 Å². The molecule has 0 aliphatic rings. The highest BCUT2D eigenvalue weighted by Crippen LogP contribution is 2.29. The number of nitrogens with zero attached hydrogens (tertiary/aromatic N) is 1. The van der Waals surface area contributed by atoms with Crippen molar-refractivity contribution in [3.05, 3.63) is 34.4 Å². The van der Waals surface area contributed by atoms with E-state index in [1.165, 1.54) is 51.4 Å². The summed E-state index contributed by atoms with van der Waals surface area (Å²) in [5.41, 5.74) is 0.235. The highest BCUT2D eigenvalue weighted by atomic mass is 32.2. The summed E-state index contributed by atoms with van der Waals surface area (Å²) in [4.78, 5) is 11.4. The minimum atomic E-state index is -0.293. The molecule has 0 fully saturated rings. The number of thioether (sulfide) groups is 1. The first-order chi connectivity index (χ1) is 10.3. The predicted octanol–water partition coefficient (Wildman–Crippen LogP) is 6.22. The zero-order valence-electron chi connectivity index (χ0n) is 13.1. The summed E-state index contributed by atoms with van der Waals surface area (Å²) in [7, 11) is 0. The van der Waals surface area contributed by atoms with E-state index in [2.05, 4.69) is 6.92 Å². The van der Waals surface area contributed by atoms with Crippen molar-refractivity contribution < 1.29 is 4.92 Å². The highest BCUT2D eigenvalue weighted by molar-refractivity contribution is 7.99. The Morgan fingerprint density at radius 3 is 2.14 bits per heavy atom. The van der Waals surface area contributed by atoms with Gasteiger partial charge < -0.3 is 0 Å². The fraction of sp³-hybridized carbons (Fsp3) is 0.647. The van der Waals surface area contributed by atoms with Crippen LogP contribution in [0.1, 0.15) is 64.7 Å². The van der Waals surface area contributed by atoms with Crippen LogP contribution in [0.25, 0.3) is 0 Å². The second-order valence-corrected chi connectivity index (χ2v) is 6.54. The number of nitro groups is 1. The van der Waals surface area contributed by atoms with Crippen molar-refractivity contribution in [3.63, 3.8) is 0 Å². The molecule has 0 unspecified atom stereocenters. The largest absolute Gasteiger partial charge is 0.282 e. The van der Waals surface area contributed by atoms with Gasteiger partial charge in [-0.2, -0.15) is 0 Å². The lowest BCUT2D eigenvalue weighted by atomic mass is 10.1. The molecule has 0 spiro atoms. The first-order valence-corrected chi connectivity index (χ1v) is 9.10. The number of hydrogen-bond donors (Lipinski definition) is 0. The third-order valence-corrected chi connectivity index (χ3v) is 4.72. The molecule has 0 aliphatic carbocycles. The summed E-state index contributed by atoms with van der Waals surface area (Å²) in [6, 6.07) is 7.02. The first-order valence-electron chi connectivity index (χ1n) is 8.12. The fourth-order valence-electron chi connectivity index (χ4n) is 2.32. The van der Waals surface area contributed by atoms with Crippen molar-refractivity contribution in [2.24, 2.45) is 0 Å². The van der Waals surface area contributed by atoms with Gasteiger partial charge in [-0.15, -0.1) is 11.8 Å². The van der Waals surface area contributed by atoms with E-state index < -0.39 is 0 Å². The van der Waals surface area contributed by atoms with Gasteiger partial charge in [-0.1, -0.05) is 70.4 Å². The molecule has 0 N–H and O–H groups in total. The van der Waals surface area contributed by atoms with Gasteiger partial charge in [-0.3, -0.25) is 10.1 Å². The Hall–Kier alpha value is -1.03. The van der Waals surface area contributed by atoms with Crippen LogP contribution in [0.5, 0.6) is 0 Å². The van der Waals surface area contributed by atoms with Crippen molar-refractivity contribution in [1.82, 2.24) is 0 Å². The van der Waals surface area contributed by atoms with E-state index in [-0.39, 0.29) is 10.6 Å². The van der Waals surface area contributed by atoms with Crippen LogP contribution in [0, 0.1) is 10.1 Å². The van der Waals surface area contributed by atoms with Crippen molar-refractivity contribution in [3.8, 4) is 0 Å². The van der Waals surface area contributed by atoms with Gasteiger partial charge in [0.25, 0.3) is 5.69 Å². The van der Waals surface area contributed by atoms with Crippen LogP contribution in [-0.4, -0.2) is 10.7 Å². The highest BCUT2D eigenvalue weighted by Gasteiger charge is 2.11. The molecule has 0 aliphatic heterocycles. The summed E-state index contributed by atoms with van der Waals surface area (Å²) in [5, 5.41) is 10.9. The number of rotatable bonds is 12. The summed E-state index contributed by atoms with van der Waals surface area (Å²) in [6.45, 7) is 2.24. The molecule has 1 rings (SSSR count). The Morgan fingerprint density at radius 2 is 1.52 bits per heavy atom. The standard InChI is InChI=1S/C17H27NO2S/c1-2-3-4-5-6-7-8-9-12-15-21-17-14-11-10-13-16(17)18(19)20/h10-11,13-14H,2-9,12,15H2,1H3. The lowest BCUT2D eigenvalue weighted by molar-refractivity contribution is -0.387. The van der Waals surface area contributed by atoms with Crippen molar-refractivity contribution >= 4 is 17.4 Å². The van der Waals surface area contributed by atoms with E-state index in [1.54, 1.807) is 23.9 Å². The molecule has 21 heavy (non-hydrogen) atoms. The second kappa shape index (κ2) is 11.6. The minimum absolute atomic E-state index is 0.235. The van der Waals surface area contributed by atoms with Gasteiger partial charge in [0.1, 0.15) is 0 Å². The van der Waals surface area contributed by atoms with E-state index >= 15 is 0 Å². The van der Waals surface area contributed by atoms with Crippen LogP contribution in [0.3, 0.4) is 0 Å². The van der Waals surface area contributed by atoms with Crippen LogP contribution in [-0.2, 0) is 0 Å². The normalized spacial score (nSPS) is 10.7. The zero-order valence-corrected chi connectivity index (χ0v) is 13.9. The summed E-state index contributed by atoms with van der Waals surface area (Å²) >= 11 is 1.61. The van der Waals surface area contributed by atoms with E-state index in [9.17, 15) is 10.1 Å².